The molecule has 6 nitrogen and oxygen atoms in total. The average molecular weight is 362 g/mol. The van der Waals surface area contributed by atoms with Gasteiger partial charge in [-0.15, -0.1) is 0 Å². The summed E-state index contributed by atoms with van der Waals surface area (Å²) in [6.45, 7) is 11.1. The van der Waals surface area contributed by atoms with Gasteiger partial charge < -0.3 is 20.3 Å². The number of piperazine rings is 1. The van der Waals surface area contributed by atoms with Crippen LogP contribution < -0.4 is 15.5 Å². The van der Waals surface area contributed by atoms with Crippen LogP contribution in [0.15, 0.2) is 35.3 Å². The SMILES string of the molecule is CCOCCCNC(=NC)NCCCN1CCN(c2ccccc2)CC1. The van der Waals surface area contributed by atoms with Gasteiger partial charge in [0.05, 0.1) is 0 Å². The molecule has 0 aromatic heterocycles. The molecule has 6 heteroatoms. The molecule has 1 fully saturated rings. The van der Waals surface area contributed by atoms with Crippen molar-refractivity contribution in [3.8, 4) is 0 Å². The molecule has 0 saturated carbocycles. The summed E-state index contributed by atoms with van der Waals surface area (Å²) < 4.78 is 5.34. The molecular weight excluding hydrogens is 326 g/mol. The van der Waals surface area contributed by atoms with Crippen LogP contribution in [0.1, 0.15) is 19.8 Å². The van der Waals surface area contributed by atoms with Crippen LogP contribution in [-0.4, -0.2) is 76.9 Å². The number of nitrogens with zero attached hydrogens (tertiary/aromatic N) is 3. The lowest BCUT2D eigenvalue weighted by Gasteiger charge is -2.36. The Labute approximate surface area is 158 Å². The van der Waals surface area contributed by atoms with E-state index in [0.717, 1.165) is 77.8 Å². The van der Waals surface area contributed by atoms with Crippen molar-refractivity contribution >= 4 is 11.6 Å². The molecule has 0 amide bonds. The summed E-state index contributed by atoms with van der Waals surface area (Å²) in [6, 6.07) is 10.7. The predicted molar refractivity (Wildman–Crippen MR) is 110 cm³/mol. The van der Waals surface area contributed by atoms with Crippen molar-refractivity contribution in [1.82, 2.24) is 15.5 Å². The zero-order valence-electron chi connectivity index (χ0n) is 16.4. The van der Waals surface area contributed by atoms with E-state index in [1.165, 1.54) is 5.69 Å². The van der Waals surface area contributed by atoms with Crippen LogP contribution in [0.5, 0.6) is 0 Å². The van der Waals surface area contributed by atoms with E-state index in [9.17, 15) is 0 Å². The molecule has 0 spiro atoms. The molecule has 1 aliphatic rings. The maximum Gasteiger partial charge on any atom is 0.190 e. The van der Waals surface area contributed by atoms with E-state index in [0.29, 0.717) is 0 Å². The fourth-order valence-electron chi connectivity index (χ4n) is 3.12. The molecule has 2 N–H and O–H groups in total. The van der Waals surface area contributed by atoms with Crippen molar-refractivity contribution in [2.45, 2.75) is 19.8 Å². The summed E-state index contributed by atoms with van der Waals surface area (Å²) in [5, 5.41) is 6.72. The van der Waals surface area contributed by atoms with E-state index in [1.54, 1.807) is 0 Å². The van der Waals surface area contributed by atoms with Crippen LogP contribution in [0, 0.1) is 0 Å². The lowest BCUT2D eigenvalue weighted by molar-refractivity contribution is 0.145. The zero-order valence-corrected chi connectivity index (χ0v) is 16.4. The van der Waals surface area contributed by atoms with Gasteiger partial charge in [-0.1, -0.05) is 18.2 Å². The summed E-state index contributed by atoms with van der Waals surface area (Å²) in [6.07, 6.45) is 2.13. The maximum atomic E-state index is 5.34. The smallest absolute Gasteiger partial charge is 0.190 e. The van der Waals surface area contributed by atoms with Crippen LogP contribution in [0.4, 0.5) is 5.69 Å². The highest BCUT2D eigenvalue weighted by Crippen LogP contribution is 2.15. The molecule has 0 atom stereocenters. The van der Waals surface area contributed by atoms with Gasteiger partial charge in [-0.05, 0) is 38.4 Å². The van der Waals surface area contributed by atoms with Crippen LogP contribution in [-0.2, 0) is 4.74 Å². The lowest BCUT2D eigenvalue weighted by atomic mass is 10.2. The van der Waals surface area contributed by atoms with Gasteiger partial charge in [0.1, 0.15) is 0 Å². The van der Waals surface area contributed by atoms with Gasteiger partial charge >= 0.3 is 0 Å². The standard InChI is InChI=1S/C20H35N5O/c1-3-26-18-8-12-23-20(21-2)22-11-7-13-24-14-16-25(17-15-24)19-9-5-4-6-10-19/h4-6,9-10H,3,7-8,11-18H2,1-2H3,(H2,21,22,23). The third kappa shape index (κ3) is 7.62. The van der Waals surface area contributed by atoms with Crippen molar-refractivity contribution in [2.24, 2.45) is 4.99 Å². The Kier molecular flexibility index (Phi) is 9.90. The quantitative estimate of drug-likeness (QED) is 0.378. The van der Waals surface area contributed by atoms with E-state index in [-0.39, 0.29) is 0 Å². The second-order valence-electron chi connectivity index (χ2n) is 6.49. The number of hydrogen-bond acceptors (Lipinski definition) is 4. The highest BCUT2D eigenvalue weighted by Gasteiger charge is 2.16. The van der Waals surface area contributed by atoms with E-state index >= 15 is 0 Å². The van der Waals surface area contributed by atoms with Gasteiger partial charge in [-0.3, -0.25) is 9.89 Å². The second kappa shape index (κ2) is 12.5. The summed E-state index contributed by atoms with van der Waals surface area (Å²) >= 11 is 0. The fourth-order valence-corrected chi connectivity index (χ4v) is 3.12. The topological polar surface area (TPSA) is 52.1 Å². The Hall–Kier alpha value is -1.79. The molecule has 2 rings (SSSR count). The van der Waals surface area contributed by atoms with Crippen LogP contribution >= 0.6 is 0 Å². The minimum atomic E-state index is 0.784. The summed E-state index contributed by atoms with van der Waals surface area (Å²) in [5.41, 5.74) is 1.34. The van der Waals surface area contributed by atoms with Gasteiger partial charge in [-0.25, -0.2) is 0 Å². The Bertz CT molecular complexity index is 500. The van der Waals surface area contributed by atoms with Gasteiger partial charge in [-0.2, -0.15) is 0 Å². The third-order valence-corrected chi connectivity index (χ3v) is 4.62. The van der Waals surface area contributed by atoms with Gasteiger partial charge in [0, 0.05) is 65.2 Å². The molecule has 0 bridgehead atoms. The van der Waals surface area contributed by atoms with Crippen molar-refractivity contribution in [3.63, 3.8) is 0 Å². The first kappa shape index (κ1) is 20.5. The van der Waals surface area contributed by atoms with Crippen molar-refractivity contribution < 1.29 is 4.74 Å². The Morgan fingerprint density at radius 3 is 2.38 bits per heavy atom. The normalized spacial score (nSPS) is 15.9. The molecule has 1 aliphatic heterocycles. The van der Waals surface area contributed by atoms with Gasteiger partial charge in [0.25, 0.3) is 0 Å². The fraction of sp³-hybridized carbons (Fsp3) is 0.650. The maximum absolute atomic E-state index is 5.34. The predicted octanol–water partition coefficient (Wildman–Crippen LogP) is 1.79. The van der Waals surface area contributed by atoms with Crippen LogP contribution in [0.2, 0.25) is 0 Å². The van der Waals surface area contributed by atoms with E-state index in [4.69, 9.17) is 4.74 Å². The Morgan fingerprint density at radius 1 is 1.04 bits per heavy atom. The number of benzene rings is 1. The number of guanidine groups is 1. The third-order valence-electron chi connectivity index (χ3n) is 4.62. The minimum Gasteiger partial charge on any atom is -0.382 e. The van der Waals surface area contributed by atoms with Crippen molar-refractivity contribution in [1.29, 1.82) is 0 Å². The average Bonchev–Trinajstić information content (AvgIpc) is 2.70. The first-order chi connectivity index (χ1) is 12.8. The second-order valence-corrected chi connectivity index (χ2v) is 6.49. The number of hydrogen-bond donors (Lipinski definition) is 2. The van der Waals surface area contributed by atoms with Gasteiger partial charge in [0.15, 0.2) is 5.96 Å². The lowest BCUT2D eigenvalue weighted by Crippen LogP contribution is -2.47. The highest BCUT2D eigenvalue weighted by atomic mass is 16.5. The summed E-state index contributed by atoms with van der Waals surface area (Å²) in [7, 11) is 1.82. The number of anilines is 1. The molecule has 26 heavy (non-hydrogen) atoms. The minimum absolute atomic E-state index is 0.784. The van der Waals surface area contributed by atoms with Crippen LogP contribution in [0.25, 0.3) is 0 Å². The Morgan fingerprint density at radius 2 is 1.73 bits per heavy atom. The molecule has 1 aromatic carbocycles. The van der Waals surface area contributed by atoms with Gasteiger partial charge in [0.2, 0.25) is 0 Å². The molecular formula is C20H35N5O. The summed E-state index contributed by atoms with van der Waals surface area (Å²) in [4.78, 5) is 9.30. The Balaban J connectivity index is 1.53. The van der Waals surface area contributed by atoms with E-state index in [2.05, 4.69) is 55.8 Å². The molecule has 0 radical (unpaired) electrons. The molecule has 1 heterocycles. The molecule has 1 saturated heterocycles. The summed E-state index contributed by atoms with van der Waals surface area (Å²) in [5.74, 6) is 0.885. The van der Waals surface area contributed by atoms with Crippen molar-refractivity contribution in [3.05, 3.63) is 30.3 Å². The number of nitrogens with one attached hydrogen (secondary N) is 2. The molecule has 1 aromatic rings. The molecule has 146 valence electrons. The number of para-hydroxylation sites is 1. The molecule has 0 unspecified atom stereocenters. The van der Waals surface area contributed by atoms with Crippen LogP contribution in [0.3, 0.4) is 0 Å². The first-order valence-corrected chi connectivity index (χ1v) is 9.88. The number of ether oxygens (including phenoxy) is 1. The van der Waals surface area contributed by atoms with E-state index in [1.807, 2.05) is 14.0 Å². The number of rotatable bonds is 10. The largest absolute Gasteiger partial charge is 0.382 e. The first-order valence-electron chi connectivity index (χ1n) is 9.88. The van der Waals surface area contributed by atoms with Crippen molar-refractivity contribution in [2.75, 3.05) is 71.0 Å². The monoisotopic (exact) mass is 361 g/mol. The highest BCUT2D eigenvalue weighted by molar-refractivity contribution is 5.79. The zero-order chi connectivity index (χ0) is 18.5. The molecule has 0 aliphatic carbocycles. The number of aliphatic imine (C=N–C) groups is 1. The van der Waals surface area contributed by atoms with E-state index < -0.39 is 0 Å².